The highest BCUT2D eigenvalue weighted by atomic mass is 16.6. The molecular formula is C20H25N5O4. The Hall–Kier alpha value is -3.36. The lowest BCUT2D eigenvalue weighted by Gasteiger charge is -2.23. The van der Waals surface area contributed by atoms with Crippen molar-refractivity contribution in [1.29, 1.82) is 0 Å². The van der Waals surface area contributed by atoms with Crippen LogP contribution >= 0.6 is 0 Å². The Labute approximate surface area is 167 Å². The van der Waals surface area contributed by atoms with Crippen LogP contribution in [0.25, 0.3) is 11.2 Å². The standard InChI is InChI=1S/C20H25N5O4/c1-20(2,3)29-19(28)21-13(11-12-9-7-6-8-10-12)15-22-16-14(24(15)4)17(26)23-18(27)25(16)5/h6-10,13H,11H2,1-5H3,(H,21,28)(H,23,26,27). The van der Waals surface area contributed by atoms with Gasteiger partial charge in [-0.25, -0.2) is 14.6 Å². The quantitative estimate of drug-likeness (QED) is 0.695. The third kappa shape index (κ3) is 4.39. The van der Waals surface area contributed by atoms with Crippen LogP contribution in [0.3, 0.4) is 0 Å². The van der Waals surface area contributed by atoms with Crippen LogP contribution < -0.4 is 16.6 Å². The average Bonchev–Trinajstić information content (AvgIpc) is 2.96. The van der Waals surface area contributed by atoms with Gasteiger partial charge in [0.25, 0.3) is 5.56 Å². The number of fused-ring (bicyclic) bond motifs is 1. The number of aryl methyl sites for hydroxylation is 2. The molecule has 2 aromatic heterocycles. The Morgan fingerprint density at radius 3 is 2.45 bits per heavy atom. The summed E-state index contributed by atoms with van der Waals surface area (Å²) in [5, 5.41) is 2.85. The van der Waals surface area contributed by atoms with Gasteiger partial charge < -0.3 is 14.6 Å². The second kappa shape index (κ2) is 7.57. The molecule has 0 radical (unpaired) electrons. The number of carbonyl (C=O) groups excluding carboxylic acids is 1. The van der Waals surface area contributed by atoms with Crippen molar-refractivity contribution in [2.75, 3.05) is 0 Å². The number of aromatic amines is 1. The second-order valence-electron chi connectivity index (χ2n) is 7.91. The summed E-state index contributed by atoms with van der Waals surface area (Å²) in [6.07, 6.45) is -0.156. The van der Waals surface area contributed by atoms with Crippen molar-refractivity contribution in [3.63, 3.8) is 0 Å². The number of rotatable bonds is 4. The lowest BCUT2D eigenvalue weighted by molar-refractivity contribution is 0.0500. The van der Waals surface area contributed by atoms with Crippen molar-refractivity contribution in [2.45, 2.75) is 38.8 Å². The molecule has 0 fully saturated rings. The summed E-state index contributed by atoms with van der Waals surface area (Å²) in [6.45, 7) is 5.34. The molecule has 9 heteroatoms. The first-order valence-corrected chi connectivity index (χ1v) is 9.26. The van der Waals surface area contributed by atoms with E-state index in [1.807, 2.05) is 30.3 Å². The average molecular weight is 399 g/mol. The first-order valence-electron chi connectivity index (χ1n) is 9.26. The number of aromatic nitrogens is 4. The highest BCUT2D eigenvalue weighted by Crippen LogP contribution is 2.21. The molecule has 3 rings (SSSR count). The number of alkyl carbamates (subject to hydrolysis) is 1. The van der Waals surface area contributed by atoms with E-state index in [-0.39, 0.29) is 11.2 Å². The van der Waals surface area contributed by atoms with Crippen molar-refractivity contribution >= 4 is 17.3 Å². The number of hydrogen-bond acceptors (Lipinski definition) is 5. The molecule has 0 aliphatic rings. The summed E-state index contributed by atoms with van der Waals surface area (Å²) in [5.41, 5.74) is -0.254. The van der Waals surface area contributed by atoms with E-state index in [1.165, 1.54) is 11.6 Å². The topological polar surface area (TPSA) is 111 Å². The molecule has 0 bridgehead atoms. The van der Waals surface area contributed by atoms with Gasteiger partial charge in [0.15, 0.2) is 11.2 Å². The number of H-pyrrole nitrogens is 1. The van der Waals surface area contributed by atoms with Gasteiger partial charge in [0, 0.05) is 20.5 Å². The molecule has 1 aromatic carbocycles. The fraction of sp³-hybridized carbons (Fsp3) is 0.400. The zero-order chi connectivity index (χ0) is 21.3. The van der Waals surface area contributed by atoms with Crippen LogP contribution in [0.4, 0.5) is 4.79 Å². The van der Waals surface area contributed by atoms with E-state index in [9.17, 15) is 14.4 Å². The second-order valence-corrected chi connectivity index (χ2v) is 7.91. The molecule has 0 spiro atoms. The number of imidazole rings is 1. The third-order valence-electron chi connectivity index (χ3n) is 4.45. The lowest BCUT2D eigenvalue weighted by Crippen LogP contribution is -2.36. The molecule has 3 aromatic rings. The molecule has 0 aliphatic carbocycles. The van der Waals surface area contributed by atoms with Gasteiger partial charge in [-0.05, 0) is 26.3 Å². The molecule has 1 amide bonds. The molecule has 0 saturated carbocycles. The number of amides is 1. The summed E-state index contributed by atoms with van der Waals surface area (Å²) < 4.78 is 8.26. The molecular weight excluding hydrogens is 374 g/mol. The predicted molar refractivity (Wildman–Crippen MR) is 109 cm³/mol. The van der Waals surface area contributed by atoms with Crippen LogP contribution in [-0.2, 0) is 25.3 Å². The van der Waals surface area contributed by atoms with Gasteiger partial charge in [-0.2, -0.15) is 0 Å². The van der Waals surface area contributed by atoms with Gasteiger partial charge in [0.05, 0.1) is 6.04 Å². The zero-order valence-electron chi connectivity index (χ0n) is 17.1. The van der Waals surface area contributed by atoms with E-state index in [0.717, 1.165) is 5.56 Å². The maximum absolute atomic E-state index is 12.5. The summed E-state index contributed by atoms with van der Waals surface area (Å²) in [6, 6.07) is 9.03. The van der Waals surface area contributed by atoms with Crippen molar-refractivity contribution in [1.82, 2.24) is 24.4 Å². The summed E-state index contributed by atoms with van der Waals surface area (Å²) >= 11 is 0. The molecule has 0 aliphatic heterocycles. The molecule has 0 saturated heterocycles. The molecule has 2 N–H and O–H groups in total. The number of nitrogens with one attached hydrogen (secondary N) is 2. The van der Waals surface area contributed by atoms with E-state index in [2.05, 4.69) is 15.3 Å². The van der Waals surface area contributed by atoms with Crippen molar-refractivity contribution < 1.29 is 9.53 Å². The summed E-state index contributed by atoms with van der Waals surface area (Å²) in [5.74, 6) is 0.446. The number of benzene rings is 1. The maximum Gasteiger partial charge on any atom is 0.408 e. The smallest absolute Gasteiger partial charge is 0.408 e. The minimum Gasteiger partial charge on any atom is -0.444 e. The van der Waals surface area contributed by atoms with Crippen LogP contribution in [0, 0.1) is 0 Å². The fourth-order valence-corrected chi connectivity index (χ4v) is 3.14. The fourth-order valence-electron chi connectivity index (χ4n) is 3.14. The Morgan fingerprint density at radius 2 is 1.83 bits per heavy atom. The van der Waals surface area contributed by atoms with Crippen LogP contribution in [0.5, 0.6) is 0 Å². The van der Waals surface area contributed by atoms with E-state index in [0.29, 0.717) is 12.2 Å². The largest absolute Gasteiger partial charge is 0.444 e. The van der Waals surface area contributed by atoms with Crippen molar-refractivity contribution in [3.05, 3.63) is 62.6 Å². The Bertz CT molecular complexity index is 1150. The van der Waals surface area contributed by atoms with Crippen LogP contribution in [0.2, 0.25) is 0 Å². The maximum atomic E-state index is 12.5. The van der Waals surface area contributed by atoms with E-state index < -0.39 is 29.0 Å². The monoisotopic (exact) mass is 399 g/mol. The highest BCUT2D eigenvalue weighted by Gasteiger charge is 2.26. The van der Waals surface area contributed by atoms with Crippen molar-refractivity contribution in [3.8, 4) is 0 Å². The summed E-state index contributed by atoms with van der Waals surface area (Å²) in [4.78, 5) is 43.5. The molecule has 1 unspecified atom stereocenters. The van der Waals surface area contributed by atoms with Gasteiger partial charge in [-0.1, -0.05) is 30.3 Å². The van der Waals surface area contributed by atoms with Crippen LogP contribution in [-0.4, -0.2) is 30.8 Å². The molecule has 2 heterocycles. The molecule has 9 nitrogen and oxygen atoms in total. The van der Waals surface area contributed by atoms with Gasteiger partial charge in [0.1, 0.15) is 11.4 Å². The number of carbonyl (C=O) groups is 1. The normalized spacial score (nSPS) is 12.7. The van der Waals surface area contributed by atoms with Gasteiger partial charge in [-0.3, -0.25) is 14.3 Å². The summed E-state index contributed by atoms with van der Waals surface area (Å²) in [7, 11) is 3.21. The number of nitrogens with zero attached hydrogens (tertiary/aromatic N) is 3. The SMILES string of the molecule is Cn1c(C(Cc2ccccc2)NC(=O)OC(C)(C)C)nc2c1c(=O)[nH]c(=O)n2C. The first kappa shape index (κ1) is 20.4. The Kier molecular flexibility index (Phi) is 5.32. The van der Waals surface area contributed by atoms with Gasteiger partial charge in [0.2, 0.25) is 0 Å². The first-order chi connectivity index (χ1) is 13.6. The van der Waals surface area contributed by atoms with E-state index >= 15 is 0 Å². The van der Waals surface area contributed by atoms with E-state index in [4.69, 9.17) is 4.74 Å². The number of hydrogen-bond donors (Lipinski definition) is 2. The van der Waals surface area contributed by atoms with E-state index in [1.54, 1.807) is 32.4 Å². The van der Waals surface area contributed by atoms with Crippen LogP contribution in [0.15, 0.2) is 39.9 Å². The minimum absolute atomic E-state index is 0.250. The van der Waals surface area contributed by atoms with Gasteiger partial charge in [-0.15, -0.1) is 0 Å². The predicted octanol–water partition coefficient (Wildman–Crippen LogP) is 1.77. The molecule has 1 atom stereocenters. The minimum atomic E-state index is -0.658. The van der Waals surface area contributed by atoms with Gasteiger partial charge >= 0.3 is 11.8 Å². The number of ether oxygens (including phenoxy) is 1. The highest BCUT2D eigenvalue weighted by molar-refractivity contribution is 5.72. The molecule has 154 valence electrons. The Morgan fingerprint density at radius 1 is 1.17 bits per heavy atom. The molecule has 29 heavy (non-hydrogen) atoms. The van der Waals surface area contributed by atoms with Crippen molar-refractivity contribution in [2.24, 2.45) is 14.1 Å². The van der Waals surface area contributed by atoms with Crippen LogP contribution in [0.1, 0.15) is 38.2 Å². The third-order valence-corrected chi connectivity index (χ3v) is 4.45. The lowest BCUT2D eigenvalue weighted by atomic mass is 10.1. The Balaban J connectivity index is 2.08. The zero-order valence-corrected chi connectivity index (χ0v) is 17.1.